The first kappa shape index (κ1) is 22.0. The first-order valence-electron chi connectivity index (χ1n) is 10.6. The predicted octanol–water partition coefficient (Wildman–Crippen LogP) is 4.01. The molecule has 0 amide bonds. The van der Waals surface area contributed by atoms with Gasteiger partial charge in [-0.3, -0.25) is 0 Å². The van der Waals surface area contributed by atoms with E-state index < -0.39 is 0 Å². The Morgan fingerprint density at radius 3 is 2.44 bits per heavy atom. The van der Waals surface area contributed by atoms with Crippen LogP contribution >= 0.6 is 12.2 Å². The highest BCUT2D eigenvalue weighted by Gasteiger charge is 2.24. The fourth-order valence-electron chi connectivity index (χ4n) is 3.79. The lowest BCUT2D eigenvalue weighted by Gasteiger charge is -2.33. The lowest BCUT2D eigenvalue weighted by atomic mass is 10.1. The summed E-state index contributed by atoms with van der Waals surface area (Å²) in [5, 5.41) is 17.3. The molecular formula is C23H28N6O2S. The Labute approximate surface area is 193 Å². The van der Waals surface area contributed by atoms with Crippen molar-refractivity contribution in [2.24, 2.45) is 0 Å². The van der Waals surface area contributed by atoms with Crippen LogP contribution in [-0.2, 0) is 0 Å². The van der Waals surface area contributed by atoms with Crippen molar-refractivity contribution in [2.45, 2.75) is 32.7 Å². The molecule has 0 unspecified atom stereocenters. The highest BCUT2D eigenvalue weighted by molar-refractivity contribution is 7.80. The number of nitrogens with zero attached hydrogens (tertiary/aromatic N) is 5. The summed E-state index contributed by atoms with van der Waals surface area (Å²) in [6.45, 7) is 5.90. The minimum absolute atomic E-state index is 0.192. The molecule has 32 heavy (non-hydrogen) atoms. The summed E-state index contributed by atoms with van der Waals surface area (Å²) in [4.78, 5) is 3.93. The van der Waals surface area contributed by atoms with Gasteiger partial charge in [0.2, 0.25) is 5.82 Å². The van der Waals surface area contributed by atoms with Crippen molar-refractivity contribution in [3.05, 3.63) is 47.5 Å². The van der Waals surface area contributed by atoms with Crippen LogP contribution in [-0.4, -0.2) is 57.5 Å². The van der Waals surface area contributed by atoms with Crippen molar-refractivity contribution < 1.29 is 9.47 Å². The van der Waals surface area contributed by atoms with Gasteiger partial charge in [-0.15, -0.1) is 10.2 Å². The molecule has 0 bridgehead atoms. The fourth-order valence-corrected chi connectivity index (χ4v) is 4.09. The SMILES string of the molecule is COc1ccc(-c2nnn(C3CCN(C(=S)Nc4ccc(C)c(C)c4)CC3)n2)cc1OC. The second-order valence-electron chi connectivity index (χ2n) is 7.95. The van der Waals surface area contributed by atoms with Gasteiger partial charge in [-0.25, -0.2) is 0 Å². The number of benzene rings is 2. The van der Waals surface area contributed by atoms with Crippen molar-refractivity contribution in [2.75, 3.05) is 32.6 Å². The van der Waals surface area contributed by atoms with Gasteiger partial charge in [-0.1, -0.05) is 6.07 Å². The molecule has 1 saturated heterocycles. The average Bonchev–Trinajstić information content (AvgIpc) is 3.31. The van der Waals surface area contributed by atoms with E-state index in [1.54, 1.807) is 19.0 Å². The maximum absolute atomic E-state index is 5.64. The van der Waals surface area contributed by atoms with E-state index in [4.69, 9.17) is 21.7 Å². The van der Waals surface area contributed by atoms with Crippen molar-refractivity contribution in [1.29, 1.82) is 0 Å². The quantitative estimate of drug-likeness (QED) is 0.582. The van der Waals surface area contributed by atoms with Crippen LogP contribution in [0.2, 0.25) is 0 Å². The minimum Gasteiger partial charge on any atom is -0.493 e. The number of tetrazole rings is 1. The number of likely N-dealkylation sites (tertiary alicyclic amines) is 1. The molecule has 168 valence electrons. The molecule has 0 spiro atoms. The first-order chi connectivity index (χ1) is 15.5. The van der Waals surface area contributed by atoms with Gasteiger partial charge in [-0.2, -0.15) is 4.80 Å². The lowest BCUT2D eigenvalue weighted by molar-refractivity contribution is 0.238. The van der Waals surface area contributed by atoms with Crippen LogP contribution in [0.25, 0.3) is 11.4 Å². The topological polar surface area (TPSA) is 77.3 Å². The molecule has 4 rings (SSSR count). The highest BCUT2D eigenvalue weighted by atomic mass is 32.1. The largest absolute Gasteiger partial charge is 0.493 e. The second kappa shape index (κ2) is 9.52. The van der Waals surface area contributed by atoms with Crippen LogP contribution in [0.4, 0.5) is 5.69 Å². The van der Waals surface area contributed by atoms with Crippen LogP contribution in [0, 0.1) is 13.8 Å². The Bertz CT molecular complexity index is 1110. The number of methoxy groups -OCH3 is 2. The van der Waals surface area contributed by atoms with E-state index in [2.05, 4.69) is 57.7 Å². The third-order valence-electron chi connectivity index (χ3n) is 5.91. The van der Waals surface area contributed by atoms with Gasteiger partial charge in [0.05, 0.1) is 20.3 Å². The summed E-state index contributed by atoms with van der Waals surface area (Å²) in [7, 11) is 3.22. The monoisotopic (exact) mass is 452 g/mol. The van der Waals surface area contributed by atoms with E-state index in [0.717, 1.165) is 42.3 Å². The molecule has 2 heterocycles. The standard InChI is InChI=1S/C23H28N6O2S/c1-15-5-7-18(13-16(15)2)24-23(32)28-11-9-19(10-12-28)29-26-22(25-27-29)17-6-8-20(30-3)21(14-17)31-4/h5-8,13-14,19H,9-12H2,1-4H3,(H,24,32). The molecule has 0 aliphatic carbocycles. The molecule has 1 aliphatic rings. The molecule has 9 heteroatoms. The van der Waals surface area contributed by atoms with E-state index in [1.165, 1.54) is 11.1 Å². The number of hydrogen-bond donors (Lipinski definition) is 1. The van der Waals surface area contributed by atoms with E-state index in [0.29, 0.717) is 17.3 Å². The summed E-state index contributed by atoms with van der Waals surface area (Å²) in [6.07, 6.45) is 1.80. The number of nitrogens with one attached hydrogen (secondary N) is 1. The second-order valence-corrected chi connectivity index (χ2v) is 8.34. The van der Waals surface area contributed by atoms with Gasteiger partial charge in [0.1, 0.15) is 0 Å². The molecule has 1 N–H and O–H groups in total. The normalized spacial score (nSPS) is 14.3. The Hall–Kier alpha value is -3.20. The zero-order valence-corrected chi connectivity index (χ0v) is 19.6. The van der Waals surface area contributed by atoms with Crippen LogP contribution in [0.3, 0.4) is 0 Å². The zero-order chi connectivity index (χ0) is 22.7. The number of ether oxygens (including phenoxy) is 2. The third-order valence-corrected chi connectivity index (χ3v) is 6.27. The van der Waals surface area contributed by atoms with Gasteiger partial charge in [0.15, 0.2) is 16.6 Å². The number of aryl methyl sites for hydroxylation is 2. The maximum Gasteiger partial charge on any atom is 0.205 e. The summed E-state index contributed by atoms with van der Waals surface area (Å²) >= 11 is 5.64. The number of hydrogen-bond acceptors (Lipinski definition) is 6. The van der Waals surface area contributed by atoms with Crippen LogP contribution in [0.5, 0.6) is 11.5 Å². The van der Waals surface area contributed by atoms with Gasteiger partial charge in [0.25, 0.3) is 0 Å². The summed E-state index contributed by atoms with van der Waals surface area (Å²) in [5.74, 6) is 1.88. The lowest BCUT2D eigenvalue weighted by Crippen LogP contribution is -2.41. The molecular weight excluding hydrogens is 424 g/mol. The summed E-state index contributed by atoms with van der Waals surface area (Å²) in [5.41, 5.74) is 4.39. The number of piperidine rings is 1. The van der Waals surface area contributed by atoms with E-state index in [1.807, 2.05) is 18.2 Å². The molecule has 0 saturated carbocycles. The van der Waals surface area contributed by atoms with Crippen molar-refractivity contribution in [3.8, 4) is 22.9 Å². The number of anilines is 1. The van der Waals surface area contributed by atoms with Gasteiger partial charge < -0.3 is 19.7 Å². The van der Waals surface area contributed by atoms with Crippen LogP contribution in [0.15, 0.2) is 36.4 Å². The van der Waals surface area contributed by atoms with E-state index >= 15 is 0 Å². The van der Waals surface area contributed by atoms with Gasteiger partial charge in [0, 0.05) is 24.3 Å². The van der Waals surface area contributed by atoms with Crippen molar-refractivity contribution in [3.63, 3.8) is 0 Å². The van der Waals surface area contributed by atoms with Crippen molar-refractivity contribution >= 4 is 23.0 Å². The molecule has 8 nitrogen and oxygen atoms in total. The molecule has 3 aromatic rings. The number of rotatable bonds is 5. The van der Waals surface area contributed by atoms with Gasteiger partial charge >= 0.3 is 0 Å². The first-order valence-corrected chi connectivity index (χ1v) is 11.0. The number of thiocarbonyl (C=S) groups is 1. The Kier molecular flexibility index (Phi) is 6.55. The molecule has 1 aromatic heterocycles. The van der Waals surface area contributed by atoms with Crippen molar-refractivity contribution in [1.82, 2.24) is 25.1 Å². The molecule has 2 aromatic carbocycles. The van der Waals surface area contributed by atoms with E-state index in [9.17, 15) is 0 Å². The van der Waals surface area contributed by atoms with Gasteiger partial charge in [-0.05, 0) is 85.6 Å². The third kappa shape index (κ3) is 4.67. The zero-order valence-electron chi connectivity index (χ0n) is 18.8. The fraction of sp³-hybridized carbons (Fsp3) is 0.391. The number of aromatic nitrogens is 4. The molecule has 0 radical (unpaired) electrons. The molecule has 0 atom stereocenters. The van der Waals surface area contributed by atoms with Crippen LogP contribution < -0.4 is 14.8 Å². The van der Waals surface area contributed by atoms with Crippen LogP contribution in [0.1, 0.15) is 30.0 Å². The molecule has 1 aliphatic heterocycles. The van der Waals surface area contributed by atoms with E-state index in [-0.39, 0.29) is 6.04 Å². The smallest absolute Gasteiger partial charge is 0.205 e. The molecule has 1 fully saturated rings. The summed E-state index contributed by atoms with van der Waals surface area (Å²) < 4.78 is 10.7. The Balaban J connectivity index is 1.37. The maximum atomic E-state index is 5.64. The Morgan fingerprint density at radius 2 is 1.75 bits per heavy atom. The predicted molar refractivity (Wildman–Crippen MR) is 128 cm³/mol. The highest BCUT2D eigenvalue weighted by Crippen LogP contribution is 2.31. The summed E-state index contributed by atoms with van der Waals surface area (Å²) in [6, 6.07) is 12.1. The minimum atomic E-state index is 0.192. The average molecular weight is 453 g/mol. The Morgan fingerprint density at radius 1 is 1.00 bits per heavy atom.